The molecule has 1 saturated carbocycles. The lowest BCUT2D eigenvalue weighted by Crippen LogP contribution is -2.42. The number of amides is 1. The molecule has 20 heavy (non-hydrogen) atoms. The first-order valence-corrected chi connectivity index (χ1v) is 8.70. The van der Waals surface area contributed by atoms with E-state index in [1.54, 1.807) is 0 Å². The zero-order chi connectivity index (χ0) is 14.5. The third kappa shape index (κ3) is 3.85. The summed E-state index contributed by atoms with van der Waals surface area (Å²) in [5, 5.41) is 4.19. The maximum absolute atomic E-state index is 12.3. The molecule has 0 aromatic heterocycles. The summed E-state index contributed by atoms with van der Waals surface area (Å²) in [6.45, 7) is 4.33. The molecule has 1 N–H and O–H groups in total. The highest BCUT2D eigenvalue weighted by Gasteiger charge is 2.25. The number of hydrogen-bond acceptors (Lipinski definition) is 1. The number of rotatable bonds is 4. The standard InChI is InChI=1S/C17H24BrNO/c1-12(2)13-7-9-14(10-8-13)17(20)19-16-6-4-3-5-15(16)11-18/h7-10,12,15-16H,3-6,11H2,1-2H3,(H,19,20). The number of benzene rings is 1. The van der Waals surface area contributed by atoms with Crippen molar-refractivity contribution in [2.45, 2.75) is 51.5 Å². The van der Waals surface area contributed by atoms with E-state index in [0.717, 1.165) is 17.3 Å². The van der Waals surface area contributed by atoms with Crippen molar-refractivity contribution in [3.8, 4) is 0 Å². The van der Waals surface area contributed by atoms with Crippen molar-refractivity contribution in [1.29, 1.82) is 0 Å². The molecule has 1 aliphatic carbocycles. The predicted octanol–water partition coefficient (Wildman–Crippen LogP) is 4.49. The summed E-state index contributed by atoms with van der Waals surface area (Å²) >= 11 is 3.57. The van der Waals surface area contributed by atoms with Gasteiger partial charge in [-0.05, 0) is 42.4 Å². The fourth-order valence-electron chi connectivity index (χ4n) is 2.85. The van der Waals surface area contributed by atoms with Crippen LogP contribution in [0.25, 0.3) is 0 Å². The summed E-state index contributed by atoms with van der Waals surface area (Å²) in [7, 11) is 0. The Hall–Kier alpha value is -0.830. The number of carbonyl (C=O) groups excluding carboxylic acids is 1. The molecular weight excluding hydrogens is 314 g/mol. The van der Waals surface area contributed by atoms with E-state index >= 15 is 0 Å². The van der Waals surface area contributed by atoms with Gasteiger partial charge in [-0.3, -0.25) is 4.79 Å². The van der Waals surface area contributed by atoms with Gasteiger partial charge in [0.05, 0.1) is 0 Å². The Morgan fingerprint density at radius 1 is 1.25 bits per heavy atom. The van der Waals surface area contributed by atoms with Crippen LogP contribution in [0.2, 0.25) is 0 Å². The molecule has 0 radical (unpaired) electrons. The number of carbonyl (C=O) groups is 1. The van der Waals surface area contributed by atoms with Gasteiger partial charge >= 0.3 is 0 Å². The Morgan fingerprint density at radius 3 is 2.50 bits per heavy atom. The van der Waals surface area contributed by atoms with Crippen molar-refractivity contribution in [2.75, 3.05) is 5.33 Å². The Morgan fingerprint density at radius 2 is 1.90 bits per heavy atom. The second-order valence-electron chi connectivity index (χ2n) is 6.06. The summed E-state index contributed by atoms with van der Waals surface area (Å²) in [6.07, 6.45) is 4.82. The average molecular weight is 338 g/mol. The van der Waals surface area contributed by atoms with Crippen molar-refractivity contribution in [3.63, 3.8) is 0 Å². The third-order valence-electron chi connectivity index (χ3n) is 4.26. The Kier molecular flexibility index (Phi) is 5.64. The summed E-state index contributed by atoms with van der Waals surface area (Å²) in [6, 6.07) is 8.32. The zero-order valence-corrected chi connectivity index (χ0v) is 13.9. The lowest BCUT2D eigenvalue weighted by Gasteiger charge is -2.31. The van der Waals surface area contributed by atoms with Gasteiger partial charge in [-0.2, -0.15) is 0 Å². The minimum absolute atomic E-state index is 0.0677. The molecule has 0 heterocycles. The van der Waals surface area contributed by atoms with E-state index in [9.17, 15) is 4.79 Å². The normalized spacial score (nSPS) is 22.8. The molecule has 1 aromatic carbocycles. The minimum atomic E-state index is 0.0677. The number of alkyl halides is 1. The second kappa shape index (κ2) is 7.26. The highest BCUT2D eigenvalue weighted by atomic mass is 79.9. The zero-order valence-electron chi connectivity index (χ0n) is 12.4. The molecule has 0 spiro atoms. The van der Waals surface area contributed by atoms with Crippen molar-refractivity contribution >= 4 is 21.8 Å². The summed E-state index contributed by atoms with van der Waals surface area (Å²) in [4.78, 5) is 12.3. The summed E-state index contributed by atoms with van der Waals surface area (Å²) in [5.74, 6) is 1.14. The molecule has 2 nitrogen and oxygen atoms in total. The first-order valence-electron chi connectivity index (χ1n) is 7.58. The predicted molar refractivity (Wildman–Crippen MR) is 87.5 cm³/mol. The third-order valence-corrected chi connectivity index (χ3v) is 5.09. The molecule has 3 heteroatoms. The van der Waals surface area contributed by atoms with Gasteiger partial charge in [0.2, 0.25) is 0 Å². The molecule has 0 bridgehead atoms. The molecular formula is C17H24BrNO. The van der Waals surface area contributed by atoms with Crippen LogP contribution in [0.3, 0.4) is 0 Å². The largest absolute Gasteiger partial charge is 0.349 e. The van der Waals surface area contributed by atoms with Crippen LogP contribution in [0.5, 0.6) is 0 Å². The van der Waals surface area contributed by atoms with Gasteiger partial charge in [-0.25, -0.2) is 0 Å². The molecule has 1 fully saturated rings. The van der Waals surface area contributed by atoms with Gasteiger partial charge in [0.25, 0.3) is 5.91 Å². The maximum Gasteiger partial charge on any atom is 0.251 e. The first-order chi connectivity index (χ1) is 9.61. The lowest BCUT2D eigenvalue weighted by atomic mass is 9.85. The van der Waals surface area contributed by atoms with E-state index in [0.29, 0.717) is 17.9 Å². The molecule has 1 aromatic rings. The van der Waals surface area contributed by atoms with Gasteiger partial charge in [0, 0.05) is 16.9 Å². The van der Waals surface area contributed by atoms with E-state index in [2.05, 4.69) is 47.2 Å². The molecule has 0 saturated heterocycles. The van der Waals surface area contributed by atoms with Gasteiger partial charge in [0.15, 0.2) is 0 Å². The van der Waals surface area contributed by atoms with Crippen molar-refractivity contribution in [1.82, 2.24) is 5.32 Å². The van der Waals surface area contributed by atoms with Crippen LogP contribution < -0.4 is 5.32 Å². The monoisotopic (exact) mass is 337 g/mol. The number of hydrogen-bond donors (Lipinski definition) is 1. The van der Waals surface area contributed by atoms with E-state index in [1.165, 1.54) is 24.8 Å². The van der Waals surface area contributed by atoms with Gasteiger partial charge < -0.3 is 5.32 Å². The van der Waals surface area contributed by atoms with Crippen LogP contribution in [0.4, 0.5) is 0 Å². The highest BCUT2D eigenvalue weighted by Crippen LogP contribution is 2.26. The minimum Gasteiger partial charge on any atom is -0.349 e. The van der Waals surface area contributed by atoms with Crippen LogP contribution >= 0.6 is 15.9 Å². The molecule has 110 valence electrons. The van der Waals surface area contributed by atoms with Crippen LogP contribution in [0, 0.1) is 5.92 Å². The Labute approximate surface area is 130 Å². The average Bonchev–Trinajstić information content (AvgIpc) is 2.48. The SMILES string of the molecule is CC(C)c1ccc(C(=O)NC2CCCCC2CBr)cc1. The molecule has 2 rings (SSSR count). The fraction of sp³-hybridized carbons (Fsp3) is 0.588. The molecule has 2 atom stereocenters. The van der Waals surface area contributed by atoms with Crippen molar-refractivity contribution in [2.24, 2.45) is 5.92 Å². The summed E-state index contributed by atoms with van der Waals surface area (Å²) < 4.78 is 0. The van der Waals surface area contributed by atoms with E-state index in [4.69, 9.17) is 0 Å². The molecule has 1 amide bonds. The topological polar surface area (TPSA) is 29.1 Å². The van der Waals surface area contributed by atoms with Gasteiger partial charge in [0.1, 0.15) is 0 Å². The lowest BCUT2D eigenvalue weighted by molar-refractivity contribution is 0.0911. The molecule has 0 aliphatic heterocycles. The van der Waals surface area contributed by atoms with Crippen LogP contribution in [0.15, 0.2) is 24.3 Å². The van der Waals surface area contributed by atoms with Crippen molar-refractivity contribution < 1.29 is 4.79 Å². The fourth-order valence-corrected chi connectivity index (χ4v) is 3.63. The Balaban J connectivity index is 2.00. The highest BCUT2D eigenvalue weighted by molar-refractivity contribution is 9.09. The van der Waals surface area contributed by atoms with Gasteiger partial charge in [-0.15, -0.1) is 0 Å². The van der Waals surface area contributed by atoms with Crippen LogP contribution in [0.1, 0.15) is 61.4 Å². The number of halogens is 1. The molecule has 2 unspecified atom stereocenters. The van der Waals surface area contributed by atoms with E-state index in [-0.39, 0.29) is 5.91 Å². The first kappa shape index (κ1) is 15.6. The smallest absolute Gasteiger partial charge is 0.251 e. The maximum atomic E-state index is 12.3. The van der Waals surface area contributed by atoms with Crippen LogP contribution in [-0.4, -0.2) is 17.3 Å². The van der Waals surface area contributed by atoms with E-state index in [1.807, 2.05) is 12.1 Å². The van der Waals surface area contributed by atoms with E-state index < -0.39 is 0 Å². The van der Waals surface area contributed by atoms with Crippen LogP contribution in [-0.2, 0) is 0 Å². The molecule has 1 aliphatic rings. The second-order valence-corrected chi connectivity index (χ2v) is 6.70. The quantitative estimate of drug-likeness (QED) is 0.805. The number of nitrogens with one attached hydrogen (secondary N) is 1. The summed E-state index contributed by atoms with van der Waals surface area (Å²) in [5.41, 5.74) is 2.05. The Bertz CT molecular complexity index is 441. The van der Waals surface area contributed by atoms with Gasteiger partial charge in [-0.1, -0.05) is 54.8 Å². The van der Waals surface area contributed by atoms with Crippen molar-refractivity contribution in [3.05, 3.63) is 35.4 Å².